The van der Waals surface area contributed by atoms with Crippen LogP contribution in [0, 0.1) is 0 Å². The summed E-state index contributed by atoms with van der Waals surface area (Å²) in [7, 11) is 0. The zero-order valence-electron chi connectivity index (χ0n) is 12.4. The molecule has 22 heavy (non-hydrogen) atoms. The zero-order chi connectivity index (χ0) is 15.4. The van der Waals surface area contributed by atoms with Crippen LogP contribution >= 0.6 is 22.9 Å². The van der Waals surface area contributed by atoms with Crippen molar-refractivity contribution in [2.75, 3.05) is 13.1 Å². The van der Waals surface area contributed by atoms with Crippen LogP contribution in [0.4, 0.5) is 0 Å². The van der Waals surface area contributed by atoms with E-state index in [0.717, 1.165) is 42.9 Å². The number of likely N-dealkylation sites (tertiary alicyclic amines) is 1. The number of aromatic nitrogens is 1. The second-order valence-corrected chi connectivity index (χ2v) is 7.02. The molecule has 0 saturated carbocycles. The van der Waals surface area contributed by atoms with Crippen LogP contribution in [0.2, 0.25) is 5.02 Å². The van der Waals surface area contributed by atoms with E-state index in [2.05, 4.69) is 4.98 Å². The molecule has 1 aliphatic rings. The van der Waals surface area contributed by atoms with Gasteiger partial charge in [-0.3, -0.25) is 4.79 Å². The maximum atomic E-state index is 12.3. The van der Waals surface area contributed by atoms with E-state index in [0.29, 0.717) is 12.3 Å². The summed E-state index contributed by atoms with van der Waals surface area (Å²) in [6, 6.07) is 7.75. The van der Waals surface area contributed by atoms with E-state index in [9.17, 15) is 4.79 Å². The number of carbonyl (C=O) groups is 1. The monoisotopic (exact) mass is 334 g/mol. The lowest BCUT2D eigenvalue weighted by Gasteiger charge is -2.31. The molecular weight excluding hydrogens is 316 g/mol. The van der Waals surface area contributed by atoms with Gasteiger partial charge in [-0.1, -0.05) is 23.7 Å². The number of rotatable bonds is 4. The first-order valence-electron chi connectivity index (χ1n) is 7.64. The highest BCUT2D eigenvalue weighted by Gasteiger charge is 2.24. The van der Waals surface area contributed by atoms with Gasteiger partial charge >= 0.3 is 0 Å². The van der Waals surface area contributed by atoms with Gasteiger partial charge in [-0.15, -0.1) is 11.3 Å². The summed E-state index contributed by atoms with van der Waals surface area (Å²) < 4.78 is 0. The van der Waals surface area contributed by atoms with Gasteiger partial charge in [-0.2, -0.15) is 0 Å². The SMILES string of the molecule is O=C(CCc1cccc(Cl)c1)N1CCC(c2nccs2)CC1. The Kier molecular flexibility index (Phi) is 5.11. The van der Waals surface area contributed by atoms with Crippen LogP contribution in [-0.2, 0) is 11.2 Å². The minimum absolute atomic E-state index is 0.248. The minimum Gasteiger partial charge on any atom is -0.343 e. The molecule has 116 valence electrons. The van der Waals surface area contributed by atoms with Gasteiger partial charge in [0.1, 0.15) is 0 Å². The molecule has 2 heterocycles. The Morgan fingerprint density at radius 1 is 1.36 bits per heavy atom. The Bertz CT molecular complexity index is 621. The van der Waals surface area contributed by atoms with Crippen molar-refractivity contribution < 1.29 is 4.79 Å². The average molecular weight is 335 g/mol. The van der Waals surface area contributed by atoms with Crippen LogP contribution < -0.4 is 0 Å². The fourth-order valence-corrected chi connectivity index (χ4v) is 3.94. The molecule has 1 aromatic heterocycles. The third kappa shape index (κ3) is 3.87. The maximum absolute atomic E-state index is 12.3. The van der Waals surface area contributed by atoms with Crippen LogP contribution in [0.5, 0.6) is 0 Å². The fraction of sp³-hybridized carbons (Fsp3) is 0.412. The minimum atomic E-state index is 0.248. The zero-order valence-corrected chi connectivity index (χ0v) is 13.9. The Hall–Kier alpha value is -1.39. The first-order chi connectivity index (χ1) is 10.7. The largest absolute Gasteiger partial charge is 0.343 e. The highest BCUT2D eigenvalue weighted by Crippen LogP contribution is 2.29. The van der Waals surface area contributed by atoms with Gasteiger partial charge in [0.2, 0.25) is 5.91 Å². The second kappa shape index (κ2) is 7.25. The van der Waals surface area contributed by atoms with Crippen LogP contribution in [0.3, 0.4) is 0 Å². The normalized spacial score (nSPS) is 16.0. The summed E-state index contributed by atoms with van der Waals surface area (Å²) in [5.41, 5.74) is 1.12. The number of halogens is 1. The molecule has 0 bridgehead atoms. The number of nitrogens with zero attached hydrogens (tertiary/aromatic N) is 2. The lowest BCUT2D eigenvalue weighted by molar-refractivity contribution is -0.132. The van der Waals surface area contributed by atoms with Gasteiger partial charge in [0.15, 0.2) is 0 Å². The van der Waals surface area contributed by atoms with Crippen molar-refractivity contribution >= 4 is 28.8 Å². The number of amides is 1. The van der Waals surface area contributed by atoms with Crippen LogP contribution in [0.15, 0.2) is 35.8 Å². The van der Waals surface area contributed by atoms with Gasteiger partial charge in [0, 0.05) is 42.0 Å². The van der Waals surface area contributed by atoms with Crippen molar-refractivity contribution in [3.8, 4) is 0 Å². The topological polar surface area (TPSA) is 33.2 Å². The van der Waals surface area contributed by atoms with Crippen LogP contribution in [0.25, 0.3) is 0 Å². The van der Waals surface area contributed by atoms with Gasteiger partial charge in [-0.05, 0) is 37.0 Å². The van der Waals surface area contributed by atoms with Crippen molar-refractivity contribution in [3.63, 3.8) is 0 Å². The Labute approximate surface area is 139 Å². The summed E-state index contributed by atoms with van der Waals surface area (Å²) in [6.07, 6.45) is 5.23. The molecule has 1 aliphatic heterocycles. The number of aryl methyl sites for hydroxylation is 1. The van der Waals surface area contributed by atoms with E-state index >= 15 is 0 Å². The average Bonchev–Trinajstić information content (AvgIpc) is 3.07. The molecular formula is C17H19ClN2OS. The first-order valence-corrected chi connectivity index (χ1v) is 8.90. The second-order valence-electron chi connectivity index (χ2n) is 5.66. The first kappa shape index (κ1) is 15.5. The summed E-state index contributed by atoms with van der Waals surface area (Å²) in [4.78, 5) is 18.7. The number of benzene rings is 1. The van der Waals surface area contributed by atoms with E-state index in [-0.39, 0.29) is 5.91 Å². The summed E-state index contributed by atoms with van der Waals surface area (Å²) >= 11 is 7.69. The molecule has 0 unspecified atom stereocenters. The van der Waals surface area contributed by atoms with Crippen LogP contribution in [0.1, 0.15) is 35.8 Å². The third-order valence-electron chi connectivity index (χ3n) is 4.16. The third-order valence-corrected chi connectivity index (χ3v) is 5.34. The highest BCUT2D eigenvalue weighted by atomic mass is 35.5. The molecule has 1 aromatic carbocycles. The molecule has 0 radical (unpaired) electrons. The molecule has 2 aromatic rings. The van der Waals surface area contributed by atoms with Crippen molar-refractivity contribution in [2.45, 2.75) is 31.6 Å². The number of thiazole rings is 1. The maximum Gasteiger partial charge on any atom is 0.222 e. The van der Waals surface area contributed by atoms with E-state index in [1.165, 1.54) is 5.01 Å². The molecule has 3 nitrogen and oxygen atoms in total. The fourth-order valence-electron chi connectivity index (χ4n) is 2.91. The standard InChI is InChI=1S/C17H19ClN2OS/c18-15-3-1-2-13(12-15)4-5-16(21)20-9-6-14(7-10-20)17-19-8-11-22-17/h1-3,8,11-12,14H,4-7,9-10H2. The molecule has 1 fully saturated rings. The smallest absolute Gasteiger partial charge is 0.222 e. The van der Waals surface area contributed by atoms with E-state index < -0.39 is 0 Å². The Balaban J connectivity index is 1.48. The highest BCUT2D eigenvalue weighted by molar-refractivity contribution is 7.09. The molecule has 0 N–H and O–H groups in total. The lowest BCUT2D eigenvalue weighted by atomic mass is 9.97. The van der Waals surface area contributed by atoms with Crippen molar-refractivity contribution in [2.24, 2.45) is 0 Å². The van der Waals surface area contributed by atoms with Crippen molar-refractivity contribution in [1.82, 2.24) is 9.88 Å². The van der Waals surface area contributed by atoms with Gasteiger partial charge in [-0.25, -0.2) is 4.98 Å². The predicted octanol–water partition coefficient (Wildman–Crippen LogP) is 4.14. The van der Waals surface area contributed by atoms with Crippen molar-refractivity contribution in [3.05, 3.63) is 51.4 Å². The molecule has 3 rings (SSSR count). The molecule has 1 amide bonds. The molecule has 5 heteroatoms. The summed E-state index contributed by atoms with van der Waals surface area (Å²) in [6.45, 7) is 1.69. The number of hydrogen-bond acceptors (Lipinski definition) is 3. The summed E-state index contributed by atoms with van der Waals surface area (Å²) in [5, 5.41) is 3.97. The van der Waals surface area contributed by atoms with Gasteiger partial charge in [0.05, 0.1) is 5.01 Å². The van der Waals surface area contributed by atoms with Crippen molar-refractivity contribution in [1.29, 1.82) is 0 Å². The van der Waals surface area contributed by atoms with E-state index in [1.54, 1.807) is 11.3 Å². The van der Waals surface area contributed by atoms with Gasteiger partial charge in [0.25, 0.3) is 0 Å². The number of carbonyl (C=O) groups excluding carboxylic acids is 1. The Morgan fingerprint density at radius 2 is 2.18 bits per heavy atom. The number of hydrogen-bond donors (Lipinski definition) is 0. The summed E-state index contributed by atoms with van der Waals surface area (Å²) in [5.74, 6) is 0.773. The molecule has 1 saturated heterocycles. The van der Waals surface area contributed by atoms with E-state index in [1.807, 2.05) is 40.7 Å². The Morgan fingerprint density at radius 3 is 2.86 bits per heavy atom. The van der Waals surface area contributed by atoms with E-state index in [4.69, 9.17) is 11.6 Å². The molecule has 0 atom stereocenters. The molecule has 0 aliphatic carbocycles. The lowest BCUT2D eigenvalue weighted by Crippen LogP contribution is -2.38. The predicted molar refractivity (Wildman–Crippen MR) is 90.4 cm³/mol. The quantitative estimate of drug-likeness (QED) is 0.842. The molecule has 0 spiro atoms. The van der Waals surface area contributed by atoms with Gasteiger partial charge < -0.3 is 4.90 Å². The number of piperidine rings is 1. The van der Waals surface area contributed by atoms with Crippen LogP contribution in [-0.4, -0.2) is 28.9 Å².